The van der Waals surface area contributed by atoms with Crippen LogP contribution in [0.5, 0.6) is 11.5 Å². The van der Waals surface area contributed by atoms with Gasteiger partial charge < -0.3 is 19.3 Å². The molecule has 6 nitrogen and oxygen atoms in total. The van der Waals surface area contributed by atoms with Crippen LogP contribution in [0.4, 0.5) is 0 Å². The third-order valence-electron chi connectivity index (χ3n) is 4.46. The highest BCUT2D eigenvalue weighted by atomic mass is 16.5. The first-order chi connectivity index (χ1) is 11.7. The van der Waals surface area contributed by atoms with Crippen molar-refractivity contribution in [3.63, 3.8) is 0 Å². The molecule has 0 saturated carbocycles. The molecule has 0 unspecified atom stereocenters. The van der Waals surface area contributed by atoms with Gasteiger partial charge in [0.25, 0.3) is 5.91 Å². The number of aryl methyl sites for hydroxylation is 1. The Bertz CT molecular complexity index is 656. The molecule has 0 bridgehead atoms. The lowest BCUT2D eigenvalue weighted by Gasteiger charge is -2.37. The first kappa shape index (κ1) is 19.1. The van der Waals surface area contributed by atoms with E-state index in [0.717, 1.165) is 5.56 Å². The Morgan fingerprint density at radius 3 is 1.88 bits per heavy atom. The number of hydrogen-bond donors (Lipinski definition) is 0. The number of carbonyl (C=O) groups excluding carboxylic acids is 2. The van der Waals surface area contributed by atoms with Gasteiger partial charge in [0.2, 0.25) is 5.91 Å². The molecule has 0 radical (unpaired) electrons. The van der Waals surface area contributed by atoms with Crippen molar-refractivity contribution < 1.29 is 19.1 Å². The Hall–Kier alpha value is -2.24. The molecule has 0 atom stereocenters. The minimum Gasteiger partial charge on any atom is -0.493 e. The van der Waals surface area contributed by atoms with Gasteiger partial charge in [-0.1, -0.05) is 20.8 Å². The fourth-order valence-corrected chi connectivity index (χ4v) is 2.97. The van der Waals surface area contributed by atoms with Crippen LogP contribution in [0.25, 0.3) is 0 Å². The number of amides is 2. The Labute approximate surface area is 149 Å². The summed E-state index contributed by atoms with van der Waals surface area (Å²) >= 11 is 0. The average molecular weight is 348 g/mol. The van der Waals surface area contributed by atoms with Crippen LogP contribution >= 0.6 is 0 Å². The first-order valence-electron chi connectivity index (χ1n) is 8.50. The molecule has 0 aromatic heterocycles. The van der Waals surface area contributed by atoms with E-state index in [2.05, 4.69) is 0 Å². The second kappa shape index (κ2) is 7.33. The summed E-state index contributed by atoms with van der Waals surface area (Å²) in [5.74, 6) is 1.23. The van der Waals surface area contributed by atoms with Gasteiger partial charge in [-0.3, -0.25) is 9.59 Å². The summed E-state index contributed by atoms with van der Waals surface area (Å²) < 4.78 is 10.6. The third-order valence-corrected chi connectivity index (χ3v) is 4.46. The van der Waals surface area contributed by atoms with Crippen LogP contribution in [-0.2, 0) is 4.79 Å². The predicted octanol–water partition coefficient (Wildman–Crippen LogP) is 2.34. The van der Waals surface area contributed by atoms with Crippen molar-refractivity contribution in [3.05, 3.63) is 23.3 Å². The largest absolute Gasteiger partial charge is 0.493 e. The van der Waals surface area contributed by atoms with Gasteiger partial charge in [0.1, 0.15) is 0 Å². The van der Waals surface area contributed by atoms with E-state index in [9.17, 15) is 9.59 Å². The molecule has 1 aromatic rings. The van der Waals surface area contributed by atoms with Crippen molar-refractivity contribution in [3.8, 4) is 11.5 Å². The number of benzene rings is 1. The van der Waals surface area contributed by atoms with E-state index in [-0.39, 0.29) is 11.8 Å². The van der Waals surface area contributed by atoms with Gasteiger partial charge in [0.05, 0.1) is 14.2 Å². The van der Waals surface area contributed by atoms with Gasteiger partial charge >= 0.3 is 0 Å². The number of hydrogen-bond acceptors (Lipinski definition) is 4. The molecule has 0 aliphatic carbocycles. The minimum atomic E-state index is -0.397. The van der Waals surface area contributed by atoms with E-state index in [1.165, 1.54) is 0 Å². The molecule has 1 saturated heterocycles. The molecule has 25 heavy (non-hydrogen) atoms. The minimum absolute atomic E-state index is 0.0405. The fourth-order valence-electron chi connectivity index (χ4n) is 2.97. The predicted molar refractivity (Wildman–Crippen MR) is 96.2 cm³/mol. The zero-order valence-electron chi connectivity index (χ0n) is 16.0. The molecule has 1 aliphatic heterocycles. The van der Waals surface area contributed by atoms with Crippen LogP contribution in [-0.4, -0.2) is 62.0 Å². The van der Waals surface area contributed by atoms with E-state index in [0.29, 0.717) is 43.2 Å². The monoisotopic (exact) mass is 348 g/mol. The SMILES string of the molecule is COc1cc(C)c(C(=O)N2CCN(C(=O)C(C)(C)C)CC2)cc1OC. The van der Waals surface area contributed by atoms with Gasteiger partial charge in [-0.25, -0.2) is 0 Å². The molecule has 0 N–H and O–H groups in total. The second-order valence-corrected chi connectivity index (χ2v) is 7.36. The Balaban J connectivity index is 2.12. The summed E-state index contributed by atoms with van der Waals surface area (Å²) in [5, 5.41) is 0. The number of piperazine rings is 1. The summed E-state index contributed by atoms with van der Waals surface area (Å²) in [5.41, 5.74) is 1.05. The zero-order valence-corrected chi connectivity index (χ0v) is 16.0. The lowest BCUT2D eigenvalue weighted by Crippen LogP contribution is -2.53. The lowest BCUT2D eigenvalue weighted by molar-refractivity contribution is -0.140. The Morgan fingerprint density at radius 2 is 1.40 bits per heavy atom. The van der Waals surface area contributed by atoms with Crippen molar-refractivity contribution >= 4 is 11.8 Å². The Kier molecular flexibility index (Phi) is 5.60. The molecular weight excluding hydrogens is 320 g/mol. The van der Waals surface area contributed by atoms with Crippen molar-refractivity contribution in [2.75, 3.05) is 40.4 Å². The number of methoxy groups -OCH3 is 2. The maximum absolute atomic E-state index is 12.9. The van der Waals surface area contributed by atoms with Crippen LogP contribution in [0.15, 0.2) is 12.1 Å². The number of ether oxygens (including phenoxy) is 2. The average Bonchev–Trinajstić information content (AvgIpc) is 2.59. The summed E-state index contributed by atoms with van der Waals surface area (Å²) in [6.45, 7) is 9.83. The normalized spacial score (nSPS) is 15.1. The molecule has 1 fully saturated rings. The topological polar surface area (TPSA) is 59.1 Å². The highest BCUT2D eigenvalue weighted by Crippen LogP contribution is 2.31. The maximum atomic E-state index is 12.9. The quantitative estimate of drug-likeness (QED) is 0.841. The zero-order chi connectivity index (χ0) is 18.8. The molecule has 2 rings (SSSR count). The van der Waals surface area contributed by atoms with Gasteiger partial charge in [0.15, 0.2) is 11.5 Å². The standard InChI is InChI=1S/C19H28N2O4/c1-13-11-15(24-5)16(25-6)12-14(13)17(22)20-7-9-21(10-8-20)18(23)19(2,3)4/h11-12H,7-10H2,1-6H3. The number of nitrogens with zero attached hydrogens (tertiary/aromatic N) is 2. The summed E-state index contributed by atoms with van der Waals surface area (Å²) in [6.07, 6.45) is 0. The molecule has 2 amide bonds. The molecule has 1 heterocycles. The van der Waals surface area contributed by atoms with Crippen molar-refractivity contribution in [2.45, 2.75) is 27.7 Å². The smallest absolute Gasteiger partial charge is 0.254 e. The van der Waals surface area contributed by atoms with E-state index in [1.54, 1.807) is 25.2 Å². The Morgan fingerprint density at radius 1 is 0.920 bits per heavy atom. The van der Waals surface area contributed by atoms with Gasteiger partial charge in [-0.15, -0.1) is 0 Å². The molecule has 0 spiro atoms. The number of rotatable bonds is 3. The highest BCUT2D eigenvalue weighted by molar-refractivity contribution is 5.96. The fraction of sp³-hybridized carbons (Fsp3) is 0.579. The van der Waals surface area contributed by atoms with Crippen molar-refractivity contribution in [2.24, 2.45) is 5.41 Å². The number of carbonyl (C=O) groups is 2. The second-order valence-electron chi connectivity index (χ2n) is 7.36. The van der Waals surface area contributed by atoms with Crippen LogP contribution in [0.2, 0.25) is 0 Å². The summed E-state index contributed by atoms with van der Waals surface area (Å²) in [4.78, 5) is 28.9. The van der Waals surface area contributed by atoms with Gasteiger partial charge in [0, 0.05) is 37.2 Å². The van der Waals surface area contributed by atoms with Crippen molar-refractivity contribution in [1.29, 1.82) is 0 Å². The molecule has 138 valence electrons. The molecule has 1 aromatic carbocycles. The molecule has 6 heteroatoms. The van der Waals surface area contributed by atoms with Crippen LogP contribution in [0.1, 0.15) is 36.7 Å². The molecule has 1 aliphatic rings. The van der Waals surface area contributed by atoms with Gasteiger partial charge in [-0.2, -0.15) is 0 Å². The van der Waals surface area contributed by atoms with Crippen molar-refractivity contribution in [1.82, 2.24) is 9.80 Å². The highest BCUT2D eigenvalue weighted by Gasteiger charge is 2.31. The van der Waals surface area contributed by atoms with E-state index >= 15 is 0 Å². The van der Waals surface area contributed by atoms with Crippen LogP contribution < -0.4 is 9.47 Å². The van der Waals surface area contributed by atoms with E-state index < -0.39 is 5.41 Å². The van der Waals surface area contributed by atoms with Gasteiger partial charge in [-0.05, 0) is 24.6 Å². The van der Waals surface area contributed by atoms with E-state index in [1.807, 2.05) is 38.7 Å². The maximum Gasteiger partial charge on any atom is 0.254 e. The van der Waals surface area contributed by atoms with E-state index in [4.69, 9.17) is 9.47 Å². The first-order valence-corrected chi connectivity index (χ1v) is 8.50. The molecular formula is C19H28N2O4. The van der Waals surface area contributed by atoms with Crippen LogP contribution in [0, 0.1) is 12.3 Å². The third kappa shape index (κ3) is 4.06. The van der Waals surface area contributed by atoms with Crippen LogP contribution in [0.3, 0.4) is 0 Å². The lowest BCUT2D eigenvalue weighted by atomic mass is 9.94. The summed E-state index contributed by atoms with van der Waals surface area (Å²) in [7, 11) is 3.13. The summed E-state index contributed by atoms with van der Waals surface area (Å²) in [6, 6.07) is 3.54.